The number of piperidine rings is 1. The van der Waals surface area contributed by atoms with Gasteiger partial charge >= 0.3 is 0 Å². The molecule has 1 aliphatic rings. The number of ether oxygens (including phenoxy) is 1. The molecule has 1 heterocycles. The van der Waals surface area contributed by atoms with Gasteiger partial charge in [-0.15, -0.1) is 0 Å². The first-order valence-electron chi connectivity index (χ1n) is 7.38. The zero-order valence-electron chi connectivity index (χ0n) is 13.3. The second kappa shape index (κ2) is 7.29. The van der Waals surface area contributed by atoms with Gasteiger partial charge in [-0.1, -0.05) is 22.9 Å². The Morgan fingerprint density at radius 2 is 2.00 bits per heavy atom. The van der Waals surface area contributed by atoms with Crippen LogP contribution in [0.2, 0.25) is 0 Å². The summed E-state index contributed by atoms with van der Waals surface area (Å²) in [7, 11) is -0.216. The molecule has 7 heteroatoms. The van der Waals surface area contributed by atoms with Gasteiger partial charge in [0.25, 0.3) is 10.2 Å². The van der Waals surface area contributed by atoms with E-state index in [1.165, 1.54) is 4.31 Å². The lowest BCUT2D eigenvalue weighted by Gasteiger charge is -2.32. The van der Waals surface area contributed by atoms with E-state index in [1.54, 1.807) is 18.5 Å². The molecule has 1 aromatic rings. The summed E-state index contributed by atoms with van der Waals surface area (Å²) in [5.74, 6) is 1.29. The third-order valence-corrected chi connectivity index (χ3v) is 6.53. The first-order chi connectivity index (χ1) is 10.3. The minimum absolute atomic E-state index is 0.289. The number of nitrogens with zero attached hydrogens (tertiary/aromatic N) is 2. The van der Waals surface area contributed by atoms with Crippen molar-refractivity contribution in [2.24, 2.45) is 5.92 Å². The zero-order valence-corrected chi connectivity index (χ0v) is 15.7. The lowest BCUT2D eigenvalue weighted by Crippen LogP contribution is -2.45. The van der Waals surface area contributed by atoms with Crippen LogP contribution in [-0.4, -0.2) is 44.3 Å². The van der Waals surface area contributed by atoms with Gasteiger partial charge in [0.1, 0.15) is 5.75 Å². The monoisotopic (exact) mass is 390 g/mol. The topological polar surface area (TPSA) is 49.9 Å². The quantitative estimate of drug-likeness (QED) is 0.776. The van der Waals surface area contributed by atoms with Gasteiger partial charge in [-0.3, -0.25) is 0 Å². The van der Waals surface area contributed by atoms with Crippen LogP contribution in [0.5, 0.6) is 5.75 Å². The highest BCUT2D eigenvalue weighted by molar-refractivity contribution is 9.10. The lowest BCUT2D eigenvalue weighted by molar-refractivity contribution is 0.269. The summed E-state index contributed by atoms with van der Waals surface area (Å²) in [4.78, 5) is 0. The molecule has 1 aliphatic heterocycles. The molecule has 1 aromatic carbocycles. The van der Waals surface area contributed by atoms with E-state index in [-0.39, 0.29) is 6.54 Å². The Balaban J connectivity index is 2.14. The maximum absolute atomic E-state index is 12.7. The number of halogens is 1. The molecule has 0 atom stereocenters. The highest BCUT2D eigenvalue weighted by atomic mass is 79.9. The summed E-state index contributed by atoms with van der Waals surface area (Å²) in [5.41, 5.74) is 0.841. The zero-order chi connectivity index (χ0) is 16.3. The molecule has 0 aromatic heterocycles. The summed E-state index contributed by atoms with van der Waals surface area (Å²) >= 11 is 3.42. The molecule has 22 heavy (non-hydrogen) atoms. The third kappa shape index (κ3) is 4.01. The van der Waals surface area contributed by atoms with E-state index in [2.05, 4.69) is 22.9 Å². The van der Waals surface area contributed by atoms with Gasteiger partial charge in [0.2, 0.25) is 0 Å². The van der Waals surface area contributed by atoms with Gasteiger partial charge in [0.05, 0.1) is 7.11 Å². The minimum atomic E-state index is -3.43. The predicted molar refractivity (Wildman–Crippen MR) is 91.1 cm³/mol. The molecule has 0 radical (unpaired) electrons. The Morgan fingerprint density at radius 1 is 1.36 bits per heavy atom. The van der Waals surface area contributed by atoms with Crippen molar-refractivity contribution in [1.82, 2.24) is 8.61 Å². The SMILES string of the molecule is COc1ccc(Br)cc1CN(C)S(=O)(=O)N1CCC(C)CC1. The molecule has 0 N–H and O–H groups in total. The van der Waals surface area contributed by atoms with Crippen LogP contribution >= 0.6 is 15.9 Å². The van der Waals surface area contributed by atoms with Crippen LogP contribution in [-0.2, 0) is 16.8 Å². The van der Waals surface area contributed by atoms with Crippen LogP contribution in [0.4, 0.5) is 0 Å². The second-order valence-electron chi connectivity index (χ2n) is 5.80. The van der Waals surface area contributed by atoms with Gasteiger partial charge in [-0.25, -0.2) is 0 Å². The van der Waals surface area contributed by atoms with E-state index in [0.717, 1.165) is 22.9 Å². The Labute approximate surface area is 141 Å². The average Bonchev–Trinajstić information content (AvgIpc) is 2.48. The molecule has 124 valence electrons. The van der Waals surface area contributed by atoms with E-state index < -0.39 is 10.2 Å². The maximum atomic E-state index is 12.7. The average molecular weight is 391 g/mol. The number of hydrogen-bond donors (Lipinski definition) is 0. The fraction of sp³-hybridized carbons (Fsp3) is 0.600. The van der Waals surface area contributed by atoms with Crippen LogP contribution in [0, 0.1) is 5.92 Å². The van der Waals surface area contributed by atoms with E-state index in [1.807, 2.05) is 18.2 Å². The van der Waals surface area contributed by atoms with E-state index in [9.17, 15) is 8.42 Å². The van der Waals surface area contributed by atoms with Crippen LogP contribution in [0.1, 0.15) is 25.3 Å². The fourth-order valence-corrected chi connectivity index (χ4v) is 4.38. The van der Waals surface area contributed by atoms with Crippen molar-refractivity contribution < 1.29 is 13.2 Å². The molecular formula is C15H23BrN2O3S. The van der Waals surface area contributed by atoms with Crippen LogP contribution in [0.25, 0.3) is 0 Å². The van der Waals surface area contributed by atoms with Gasteiger partial charge in [0, 0.05) is 36.7 Å². The van der Waals surface area contributed by atoms with Crippen LogP contribution in [0.3, 0.4) is 0 Å². The predicted octanol–water partition coefficient (Wildman–Crippen LogP) is 2.87. The summed E-state index contributed by atoms with van der Waals surface area (Å²) in [6.45, 7) is 3.66. The number of methoxy groups -OCH3 is 1. The van der Waals surface area contributed by atoms with Crippen molar-refractivity contribution in [1.29, 1.82) is 0 Å². The summed E-state index contributed by atoms with van der Waals surface area (Å²) in [5, 5.41) is 0. The van der Waals surface area contributed by atoms with Crippen molar-refractivity contribution in [3.8, 4) is 5.75 Å². The molecule has 5 nitrogen and oxygen atoms in total. The normalized spacial score (nSPS) is 17.9. The first-order valence-corrected chi connectivity index (χ1v) is 9.57. The Kier molecular flexibility index (Phi) is 5.87. The standard InChI is InChI=1S/C15H23BrN2O3S/c1-12-6-8-18(9-7-12)22(19,20)17(2)11-13-10-14(16)4-5-15(13)21-3/h4-5,10,12H,6-9,11H2,1-3H3. The molecular weight excluding hydrogens is 368 g/mol. The summed E-state index contributed by atoms with van der Waals surface area (Å²) in [6.07, 6.45) is 1.85. The number of rotatable bonds is 5. The largest absolute Gasteiger partial charge is 0.496 e. The molecule has 0 bridgehead atoms. The molecule has 0 spiro atoms. The number of hydrogen-bond acceptors (Lipinski definition) is 3. The van der Waals surface area contributed by atoms with E-state index in [4.69, 9.17) is 4.74 Å². The van der Waals surface area contributed by atoms with Crippen LogP contribution < -0.4 is 4.74 Å². The van der Waals surface area contributed by atoms with E-state index in [0.29, 0.717) is 24.8 Å². The van der Waals surface area contributed by atoms with Crippen molar-refractivity contribution in [2.45, 2.75) is 26.3 Å². The van der Waals surface area contributed by atoms with Gasteiger partial charge in [-0.2, -0.15) is 17.0 Å². The minimum Gasteiger partial charge on any atom is -0.496 e. The smallest absolute Gasteiger partial charge is 0.282 e. The van der Waals surface area contributed by atoms with Crippen molar-refractivity contribution in [2.75, 3.05) is 27.2 Å². The molecule has 2 rings (SSSR count). The van der Waals surface area contributed by atoms with Gasteiger partial charge < -0.3 is 4.74 Å². The van der Waals surface area contributed by atoms with Gasteiger partial charge in [0.15, 0.2) is 0 Å². The Bertz CT molecular complexity index is 613. The van der Waals surface area contributed by atoms with Gasteiger partial charge in [-0.05, 0) is 37.0 Å². The third-order valence-electron chi connectivity index (χ3n) is 4.10. The molecule has 0 unspecified atom stereocenters. The molecule has 0 aliphatic carbocycles. The molecule has 0 amide bonds. The maximum Gasteiger partial charge on any atom is 0.282 e. The first kappa shape index (κ1) is 17.7. The molecule has 0 saturated carbocycles. The fourth-order valence-electron chi connectivity index (χ4n) is 2.60. The lowest BCUT2D eigenvalue weighted by atomic mass is 10.0. The summed E-state index contributed by atoms with van der Waals surface area (Å²) < 4.78 is 34.6. The van der Waals surface area contributed by atoms with Crippen molar-refractivity contribution in [3.63, 3.8) is 0 Å². The Morgan fingerprint density at radius 3 is 2.59 bits per heavy atom. The van der Waals surface area contributed by atoms with Crippen molar-refractivity contribution >= 4 is 26.1 Å². The van der Waals surface area contributed by atoms with Crippen molar-refractivity contribution in [3.05, 3.63) is 28.2 Å². The molecule has 1 fully saturated rings. The van der Waals surface area contributed by atoms with E-state index >= 15 is 0 Å². The van der Waals surface area contributed by atoms with Crippen LogP contribution in [0.15, 0.2) is 22.7 Å². The second-order valence-corrected chi connectivity index (χ2v) is 8.75. The summed E-state index contributed by atoms with van der Waals surface area (Å²) in [6, 6.07) is 5.61. The highest BCUT2D eigenvalue weighted by Crippen LogP contribution is 2.26. The highest BCUT2D eigenvalue weighted by Gasteiger charge is 2.30. The Hall–Kier alpha value is -0.630. The molecule has 1 saturated heterocycles. The number of benzene rings is 1.